The minimum Gasteiger partial charge on any atom is -0.497 e. The number of nitrogens with one attached hydrogen (secondary N) is 2. The lowest BCUT2D eigenvalue weighted by atomic mass is 9.93. The lowest BCUT2D eigenvalue weighted by Crippen LogP contribution is -2.64. The van der Waals surface area contributed by atoms with E-state index in [0.717, 1.165) is 24.2 Å². The van der Waals surface area contributed by atoms with E-state index < -0.39 is 17.4 Å². The molecule has 2 aliphatic rings. The van der Waals surface area contributed by atoms with Crippen LogP contribution in [0.4, 0.5) is 5.82 Å². The maximum atomic E-state index is 13.7. The predicted molar refractivity (Wildman–Crippen MR) is 132 cm³/mol. The Labute approximate surface area is 212 Å². The minimum absolute atomic E-state index is 0.0110. The number of pyridine rings is 1. The normalized spacial score (nSPS) is 19.0. The van der Waals surface area contributed by atoms with E-state index in [9.17, 15) is 14.4 Å². The van der Waals surface area contributed by atoms with Gasteiger partial charge in [0.2, 0.25) is 5.91 Å². The number of fused-ring (bicyclic) bond motifs is 1. The average molecular weight is 509 g/mol. The van der Waals surface area contributed by atoms with Crippen LogP contribution in [0.5, 0.6) is 5.75 Å². The van der Waals surface area contributed by atoms with Crippen molar-refractivity contribution in [1.82, 2.24) is 24.8 Å². The van der Waals surface area contributed by atoms with E-state index >= 15 is 0 Å². The van der Waals surface area contributed by atoms with Gasteiger partial charge in [-0.2, -0.15) is 0 Å². The molecule has 0 spiro atoms. The fourth-order valence-corrected chi connectivity index (χ4v) is 4.57. The molecule has 0 unspecified atom stereocenters. The molecule has 1 aromatic carbocycles. The van der Waals surface area contributed by atoms with Gasteiger partial charge in [-0.15, -0.1) is 0 Å². The quantitative estimate of drug-likeness (QED) is 0.506. The van der Waals surface area contributed by atoms with Crippen molar-refractivity contribution >= 4 is 35.1 Å². The SMILES string of the molecule is COc1ccc(CNC(=O)[C@@]2(C)Cn3cnc(C(=O)Nc4ccc(Cl)cn4)c3C(=O)N2C2CC2)cc1. The molecule has 0 radical (unpaired) electrons. The summed E-state index contributed by atoms with van der Waals surface area (Å²) in [7, 11) is 1.60. The fraction of sp³-hybridized carbons (Fsp3) is 0.320. The topological polar surface area (TPSA) is 118 Å². The molecule has 5 rings (SSSR count). The number of rotatable bonds is 7. The van der Waals surface area contributed by atoms with Crippen molar-refractivity contribution in [1.29, 1.82) is 0 Å². The Morgan fingerprint density at radius 3 is 2.56 bits per heavy atom. The molecule has 10 nitrogen and oxygen atoms in total. The van der Waals surface area contributed by atoms with E-state index in [2.05, 4.69) is 20.6 Å². The zero-order chi connectivity index (χ0) is 25.4. The summed E-state index contributed by atoms with van der Waals surface area (Å²) in [4.78, 5) is 50.0. The summed E-state index contributed by atoms with van der Waals surface area (Å²) in [6, 6.07) is 10.5. The monoisotopic (exact) mass is 508 g/mol. The van der Waals surface area contributed by atoms with Gasteiger partial charge in [0.15, 0.2) is 5.69 Å². The lowest BCUT2D eigenvalue weighted by molar-refractivity contribution is -0.133. The van der Waals surface area contributed by atoms with Gasteiger partial charge >= 0.3 is 0 Å². The standard InChI is InChI=1S/C25H25ClN6O4/c1-25(24(35)28-11-15-3-8-18(36-2)9-4-15)13-31-14-29-20(21(31)23(34)32(25)17-6-7-17)22(33)30-19-10-5-16(26)12-27-19/h3-5,8-10,12,14,17H,6-7,11,13H2,1-2H3,(H,28,35)(H,27,30,33)/t25-/m1/s1. The second kappa shape index (κ2) is 9.27. The number of ether oxygens (including phenoxy) is 1. The fourth-order valence-electron chi connectivity index (χ4n) is 4.46. The number of carbonyl (C=O) groups is 3. The summed E-state index contributed by atoms with van der Waals surface area (Å²) in [5.41, 5.74) is -0.0768. The van der Waals surface area contributed by atoms with Gasteiger partial charge in [0, 0.05) is 18.8 Å². The Hall–Kier alpha value is -3.92. The molecule has 11 heteroatoms. The van der Waals surface area contributed by atoms with E-state index in [-0.39, 0.29) is 35.7 Å². The van der Waals surface area contributed by atoms with Gasteiger partial charge in [-0.1, -0.05) is 23.7 Å². The summed E-state index contributed by atoms with van der Waals surface area (Å²) < 4.78 is 6.76. The zero-order valence-corrected chi connectivity index (χ0v) is 20.6. The van der Waals surface area contributed by atoms with Gasteiger partial charge in [0.05, 0.1) is 25.0 Å². The second-order valence-electron chi connectivity index (χ2n) is 9.10. The Balaban J connectivity index is 1.37. The van der Waals surface area contributed by atoms with Crippen LogP contribution in [0.2, 0.25) is 5.02 Å². The molecule has 3 heterocycles. The highest BCUT2D eigenvalue weighted by atomic mass is 35.5. The predicted octanol–water partition coefficient (Wildman–Crippen LogP) is 2.89. The Kier molecular flexibility index (Phi) is 6.13. The van der Waals surface area contributed by atoms with Crippen molar-refractivity contribution in [3.8, 4) is 5.75 Å². The molecule has 1 aliphatic carbocycles. The first-order valence-electron chi connectivity index (χ1n) is 11.5. The van der Waals surface area contributed by atoms with Crippen LogP contribution in [-0.4, -0.2) is 55.8 Å². The summed E-state index contributed by atoms with van der Waals surface area (Å²) in [5, 5.41) is 6.06. The molecule has 1 aliphatic heterocycles. The van der Waals surface area contributed by atoms with Crippen LogP contribution in [0, 0.1) is 0 Å². The average Bonchev–Trinajstić information content (AvgIpc) is 3.61. The number of methoxy groups -OCH3 is 1. The first-order chi connectivity index (χ1) is 17.3. The Morgan fingerprint density at radius 1 is 1.17 bits per heavy atom. The highest BCUT2D eigenvalue weighted by molar-refractivity contribution is 6.30. The van der Waals surface area contributed by atoms with Crippen LogP contribution in [0.1, 0.15) is 46.3 Å². The highest BCUT2D eigenvalue weighted by Gasteiger charge is 2.53. The number of carbonyl (C=O) groups excluding carboxylic acids is 3. The molecule has 1 saturated carbocycles. The molecule has 0 bridgehead atoms. The van der Waals surface area contributed by atoms with E-state index in [1.54, 1.807) is 35.6 Å². The molecule has 0 saturated heterocycles. The van der Waals surface area contributed by atoms with Crippen molar-refractivity contribution in [3.05, 3.63) is 70.9 Å². The van der Waals surface area contributed by atoms with Gasteiger partial charge in [-0.3, -0.25) is 14.4 Å². The van der Waals surface area contributed by atoms with Crippen LogP contribution in [0.15, 0.2) is 48.9 Å². The van der Waals surface area contributed by atoms with Crippen LogP contribution >= 0.6 is 11.6 Å². The van der Waals surface area contributed by atoms with E-state index in [0.29, 0.717) is 11.6 Å². The largest absolute Gasteiger partial charge is 0.497 e. The summed E-state index contributed by atoms with van der Waals surface area (Å²) in [5.74, 6) is -0.201. The van der Waals surface area contributed by atoms with Gasteiger partial charge in [0.1, 0.15) is 22.8 Å². The smallest absolute Gasteiger partial charge is 0.277 e. The molecular weight excluding hydrogens is 484 g/mol. The summed E-state index contributed by atoms with van der Waals surface area (Å²) >= 11 is 5.86. The third-order valence-electron chi connectivity index (χ3n) is 6.47. The second-order valence-corrected chi connectivity index (χ2v) is 9.53. The third kappa shape index (κ3) is 4.39. The molecule has 186 valence electrons. The number of hydrogen-bond acceptors (Lipinski definition) is 6. The first kappa shape index (κ1) is 23.8. The molecule has 2 N–H and O–H groups in total. The number of imidazole rings is 1. The maximum Gasteiger partial charge on any atom is 0.277 e. The van der Waals surface area contributed by atoms with Gasteiger partial charge in [-0.05, 0) is 49.6 Å². The van der Waals surface area contributed by atoms with Crippen molar-refractivity contribution in [3.63, 3.8) is 0 Å². The van der Waals surface area contributed by atoms with Crippen molar-refractivity contribution in [2.24, 2.45) is 0 Å². The molecule has 1 fully saturated rings. The van der Waals surface area contributed by atoms with Crippen molar-refractivity contribution in [2.45, 2.75) is 44.4 Å². The molecule has 36 heavy (non-hydrogen) atoms. The van der Waals surface area contributed by atoms with E-state index in [4.69, 9.17) is 16.3 Å². The molecule has 3 aromatic rings. The van der Waals surface area contributed by atoms with Crippen LogP contribution < -0.4 is 15.4 Å². The Morgan fingerprint density at radius 2 is 1.92 bits per heavy atom. The van der Waals surface area contributed by atoms with Gasteiger partial charge in [0.25, 0.3) is 11.8 Å². The van der Waals surface area contributed by atoms with Crippen LogP contribution in [-0.2, 0) is 17.9 Å². The molecule has 2 aromatic heterocycles. The molecule has 3 amide bonds. The number of nitrogens with zero attached hydrogens (tertiary/aromatic N) is 4. The van der Waals surface area contributed by atoms with Crippen LogP contribution in [0.25, 0.3) is 0 Å². The zero-order valence-electron chi connectivity index (χ0n) is 19.8. The minimum atomic E-state index is -1.14. The number of benzene rings is 1. The summed E-state index contributed by atoms with van der Waals surface area (Å²) in [6.45, 7) is 2.25. The number of aromatic nitrogens is 3. The number of halogens is 1. The molecular formula is C25H25ClN6O4. The van der Waals surface area contributed by atoms with E-state index in [1.165, 1.54) is 12.5 Å². The van der Waals surface area contributed by atoms with Crippen molar-refractivity contribution in [2.75, 3.05) is 12.4 Å². The number of hydrogen-bond donors (Lipinski definition) is 2. The lowest BCUT2D eigenvalue weighted by Gasteiger charge is -2.44. The van der Waals surface area contributed by atoms with Gasteiger partial charge in [-0.25, -0.2) is 9.97 Å². The summed E-state index contributed by atoms with van der Waals surface area (Å²) in [6.07, 6.45) is 4.45. The highest BCUT2D eigenvalue weighted by Crippen LogP contribution is 2.39. The maximum absolute atomic E-state index is 13.7. The molecule has 1 atom stereocenters. The Bertz CT molecular complexity index is 1320. The first-order valence-corrected chi connectivity index (χ1v) is 11.9. The van der Waals surface area contributed by atoms with Crippen molar-refractivity contribution < 1.29 is 19.1 Å². The number of amides is 3. The van der Waals surface area contributed by atoms with Gasteiger partial charge < -0.3 is 24.8 Å². The van der Waals surface area contributed by atoms with E-state index in [1.807, 2.05) is 24.3 Å². The third-order valence-corrected chi connectivity index (χ3v) is 6.69. The van der Waals surface area contributed by atoms with Crippen LogP contribution in [0.3, 0.4) is 0 Å². The number of anilines is 1.